The van der Waals surface area contributed by atoms with Gasteiger partial charge >= 0.3 is 0 Å². The molecule has 0 radical (unpaired) electrons. The van der Waals surface area contributed by atoms with E-state index in [0.29, 0.717) is 31.7 Å². The summed E-state index contributed by atoms with van der Waals surface area (Å²) in [7, 11) is 0. The number of benzene rings is 1. The first kappa shape index (κ1) is 15.0. The van der Waals surface area contributed by atoms with Gasteiger partial charge in [0.25, 0.3) is 0 Å². The molecule has 0 bridgehead atoms. The fourth-order valence-corrected chi connectivity index (χ4v) is 1.92. The number of rotatable bonds is 8. The largest absolute Gasteiger partial charge is 0.490 e. The van der Waals surface area contributed by atoms with E-state index in [1.165, 1.54) is 0 Å². The van der Waals surface area contributed by atoms with Crippen molar-refractivity contribution in [2.45, 2.75) is 20.3 Å². The maximum atomic E-state index is 5.61. The van der Waals surface area contributed by atoms with Gasteiger partial charge in [-0.15, -0.1) is 5.10 Å². The van der Waals surface area contributed by atoms with E-state index in [2.05, 4.69) is 20.5 Å². The maximum absolute atomic E-state index is 5.61. The van der Waals surface area contributed by atoms with Gasteiger partial charge in [0.1, 0.15) is 0 Å². The molecule has 7 nitrogen and oxygen atoms in total. The number of anilines is 2. The standard InChI is InChI=1S/C14H21N5O2/c1-3-20-11-6-5-10(9-12(11)21-4-2)7-8-16-14-17-13(15)18-19-14/h5-6,9H,3-4,7-8H2,1-2H3,(H4,15,16,17,18,19). The maximum Gasteiger partial charge on any atom is 0.243 e. The van der Waals surface area contributed by atoms with Gasteiger partial charge in [0, 0.05) is 6.54 Å². The Morgan fingerprint density at radius 2 is 1.95 bits per heavy atom. The number of aromatic amines is 1. The smallest absolute Gasteiger partial charge is 0.243 e. The summed E-state index contributed by atoms with van der Waals surface area (Å²) < 4.78 is 11.1. The zero-order valence-corrected chi connectivity index (χ0v) is 12.3. The second kappa shape index (κ2) is 7.37. The van der Waals surface area contributed by atoms with Crippen LogP contribution in [-0.2, 0) is 6.42 Å². The van der Waals surface area contributed by atoms with E-state index in [1.54, 1.807) is 0 Å². The molecule has 4 N–H and O–H groups in total. The van der Waals surface area contributed by atoms with Crippen LogP contribution in [0.4, 0.5) is 11.9 Å². The Bertz CT molecular complexity index is 570. The molecule has 0 unspecified atom stereocenters. The molecule has 1 aromatic heterocycles. The molecule has 0 aliphatic carbocycles. The molecule has 0 saturated carbocycles. The number of H-pyrrole nitrogens is 1. The lowest BCUT2D eigenvalue weighted by Crippen LogP contribution is -2.07. The van der Waals surface area contributed by atoms with E-state index >= 15 is 0 Å². The van der Waals surface area contributed by atoms with Crippen LogP contribution in [0.5, 0.6) is 11.5 Å². The van der Waals surface area contributed by atoms with E-state index in [1.807, 2.05) is 32.0 Å². The summed E-state index contributed by atoms with van der Waals surface area (Å²) in [4.78, 5) is 3.98. The molecular weight excluding hydrogens is 270 g/mol. The average molecular weight is 291 g/mol. The van der Waals surface area contributed by atoms with Gasteiger partial charge in [0.15, 0.2) is 11.5 Å². The van der Waals surface area contributed by atoms with Gasteiger partial charge in [0.2, 0.25) is 11.9 Å². The fourth-order valence-electron chi connectivity index (χ4n) is 1.92. The number of nitrogen functional groups attached to an aromatic ring is 1. The summed E-state index contributed by atoms with van der Waals surface area (Å²) in [6, 6.07) is 5.97. The lowest BCUT2D eigenvalue weighted by atomic mass is 10.1. The number of ether oxygens (including phenoxy) is 2. The third-order valence-electron chi connectivity index (χ3n) is 2.81. The molecule has 0 aliphatic rings. The number of nitrogens with one attached hydrogen (secondary N) is 2. The highest BCUT2D eigenvalue weighted by Crippen LogP contribution is 2.28. The van der Waals surface area contributed by atoms with E-state index in [9.17, 15) is 0 Å². The van der Waals surface area contributed by atoms with Crippen molar-refractivity contribution in [2.24, 2.45) is 0 Å². The summed E-state index contributed by atoms with van der Waals surface area (Å²) in [5, 5.41) is 9.60. The lowest BCUT2D eigenvalue weighted by molar-refractivity contribution is 0.287. The van der Waals surface area contributed by atoms with Crippen molar-refractivity contribution < 1.29 is 9.47 Å². The quantitative estimate of drug-likeness (QED) is 0.686. The van der Waals surface area contributed by atoms with Crippen molar-refractivity contribution in [3.05, 3.63) is 23.8 Å². The molecular formula is C14H21N5O2. The van der Waals surface area contributed by atoms with Crippen LogP contribution >= 0.6 is 0 Å². The van der Waals surface area contributed by atoms with Gasteiger partial charge in [-0.3, -0.25) is 0 Å². The van der Waals surface area contributed by atoms with Crippen molar-refractivity contribution in [1.29, 1.82) is 0 Å². The van der Waals surface area contributed by atoms with Crippen LogP contribution in [0, 0.1) is 0 Å². The molecule has 0 fully saturated rings. The first-order chi connectivity index (χ1) is 10.2. The van der Waals surface area contributed by atoms with Crippen LogP contribution in [-0.4, -0.2) is 34.9 Å². The normalized spacial score (nSPS) is 10.4. The van der Waals surface area contributed by atoms with Gasteiger partial charge < -0.3 is 20.5 Å². The monoisotopic (exact) mass is 291 g/mol. The van der Waals surface area contributed by atoms with Crippen molar-refractivity contribution in [1.82, 2.24) is 15.2 Å². The molecule has 21 heavy (non-hydrogen) atoms. The zero-order valence-electron chi connectivity index (χ0n) is 12.3. The second-order valence-electron chi connectivity index (χ2n) is 4.37. The van der Waals surface area contributed by atoms with Crippen LogP contribution in [0.2, 0.25) is 0 Å². The second-order valence-corrected chi connectivity index (χ2v) is 4.37. The SMILES string of the molecule is CCOc1ccc(CCNc2n[nH]c(N)n2)cc1OCC. The third-order valence-corrected chi connectivity index (χ3v) is 2.81. The molecule has 0 spiro atoms. The zero-order chi connectivity index (χ0) is 15.1. The van der Waals surface area contributed by atoms with Gasteiger partial charge in [-0.1, -0.05) is 6.07 Å². The summed E-state index contributed by atoms with van der Waals surface area (Å²) >= 11 is 0. The highest BCUT2D eigenvalue weighted by Gasteiger charge is 2.06. The lowest BCUT2D eigenvalue weighted by Gasteiger charge is -2.12. The summed E-state index contributed by atoms with van der Waals surface area (Å²) in [6.45, 7) is 5.84. The Labute approximate surface area is 123 Å². The van der Waals surface area contributed by atoms with Crippen molar-refractivity contribution in [3.8, 4) is 11.5 Å². The Kier molecular flexibility index (Phi) is 5.25. The number of nitrogens with zero attached hydrogens (tertiary/aromatic N) is 2. The number of aromatic nitrogens is 3. The van der Waals surface area contributed by atoms with Crippen LogP contribution in [0.15, 0.2) is 18.2 Å². The molecule has 2 aromatic rings. The summed E-state index contributed by atoms with van der Waals surface area (Å²) in [5.41, 5.74) is 6.61. The predicted octanol–water partition coefficient (Wildman–Crippen LogP) is 1.84. The number of nitrogens with two attached hydrogens (primary N) is 1. The van der Waals surface area contributed by atoms with Gasteiger partial charge in [-0.25, -0.2) is 5.10 Å². The minimum absolute atomic E-state index is 0.303. The highest BCUT2D eigenvalue weighted by molar-refractivity contribution is 5.43. The molecule has 0 aliphatic heterocycles. The van der Waals surface area contributed by atoms with Crippen LogP contribution in [0.3, 0.4) is 0 Å². The van der Waals surface area contributed by atoms with Gasteiger partial charge in [-0.2, -0.15) is 4.98 Å². The third kappa shape index (κ3) is 4.27. The average Bonchev–Trinajstić information content (AvgIpc) is 2.88. The predicted molar refractivity (Wildman–Crippen MR) is 81.8 cm³/mol. The highest BCUT2D eigenvalue weighted by atomic mass is 16.5. The van der Waals surface area contributed by atoms with E-state index in [4.69, 9.17) is 15.2 Å². The Hall–Kier alpha value is -2.44. The molecule has 1 heterocycles. The van der Waals surface area contributed by atoms with E-state index in [-0.39, 0.29) is 0 Å². The Morgan fingerprint density at radius 3 is 2.62 bits per heavy atom. The number of hydrogen-bond acceptors (Lipinski definition) is 6. The van der Waals surface area contributed by atoms with Gasteiger partial charge in [0.05, 0.1) is 13.2 Å². The molecule has 2 rings (SSSR count). The van der Waals surface area contributed by atoms with E-state index in [0.717, 1.165) is 23.5 Å². The molecule has 0 atom stereocenters. The van der Waals surface area contributed by atoms with Crippen LogP contribution < -0.4 is 20.5 Å². The molecule has 7 heteroatoms. The first-order valence-electron chi connectivity index (χ1n) is 7.03. The topological polar surface area (TPSA) is 98.1 Å². The number of hydrogen-bond donors (Lipinski definition) is 3. The van der Waals surface area contributed by atoms with Crippen LogP contribution in [0.1, 0.15) is 19.4 Å². The van der Waals surface area contributed by atoms with Crippen LogP contribution in [0.25, 0.3) is 0 Å². The first-order valence-corrected chi connectivity index (χ1v) is 7.03. The Morgan fingerprint density at radius 1 is 1.19 bits per heavy atom. The Balaban J connectivity index is 1.94. The minimum Gasteiger partial charge on any atom is -0.490 e. The molecule has 114 valence electrons. The van der Waals surface area contributed by atoms with Gasteiger partial charge in [-0.05, 0) is 38.0 Å². The molecule has 0 amide bonds. The summed E-state index contributed by atoms with van der Waals surface area (Å²) in [5.74, 6) is 2.36. The fraction of sp³-hybridized carbons (Fsp3) is 0.429. The van der Waals surface area contributed by atoms with Crippen molar-refractivity contribution >= 4 is 11.9 Å². The minimum atomic E-state index is 0.303. The molecule has 1 aromatic carbocycles. The summed E-state index contributed by atoms with van der Waals surface area (Å²) in [6.07, 6.45) is 0.820. The van der Waals surface area contributed by atoms with E-state index < -0.39 is 0 Å². The van der Waals surface area contributed by atoms with Crippen molar-refractivity contribution in [2.75, 3.05) is 30.8 Å². The van der Waals surface area contributed by atoms with Crippen molar-refractivity contribution in [3.63, 3.8) is 0 Å². The molecule has 0 saturated heterocycles.